The maximum Gasteiger partial charge on any atom is 0.0714 e. The molecule has 0 saturated carbocycles. The van der Waals surface area contributed by atoms with E-state index in [0.29, 0.717) is 0 Å². The first-order chi connectivity index (χ1) is 58.5. The van der Waals surface area contributed by atoms with E-state index in [2.05, 4.69) is 497 Å². The number of nitrogens with one attached hydrogen (secondary N) is 1. The molecule has 0 atom stereocenters. The number of hydrogen-bond acceptors (Lipinski definition) is 2. The molecule has 0 spiro atoms. The van der Waals surface area contributed by atoms with Gasteiger partial charge >= 0.3 is 0 Å². The van der Waals surface area contributed by atoms with Crippen molar-refractivity contribution < 1.29 is 0 Å². The van der Waals surface area contributed by atoms with Gasteiger partial charge in [0.25, 0.3) is 0 Å². The topological polar surface area (TPSA) is 15.3 Å². The van der Waals surface area contributed by atoms with E-state index in [-0.39, 0.29) is 10.8 Å². The van der Waals surface area contributed by atoms with E-state index in [0.717, 1.165) is 32.9 Å². The highest BCUT2D eigenvalue weighted by atomic mass is 79.9. The molecule has 0 fully saturated rings. The molecule has 18 aromatic rings. The van der Waals surface area contributed by atoms with Gasteiger partial charge in [0.2, 0.25) is 0 Å². The van der Waals surface area contributed by atoms with E-state index in [9.17, 15) is 0 Å². The molecule has 0 bridgehead atoms. The summed E-state index contributed by atoms with van der Waals surface area (Å²) in [5.41, 5.74) is 40.5. The average molecular weight is 1590 g/mol. The van der Waals surface area contributed by atoms with Crippen molar-refractivity contribution in [2.75, 3.05) is 10.2 Å². The zero-order chi connectivity index (χ0) is 80.2. The van der Waals surface area contributed by atoms with Crippen LogP contribution in [-0.4, -0.2) is 0 Å². The standard InChI is InChI=1S/C58H43N.C31H21Br.C27H23N/c1-57(2)53-29-14-11-28-51(53)52-37-36-46(39-56(52)57)59(44-34-32-41(33-35-44)40-18-5-3-6-19-40)45-23-17-22-43(38-45)58(42-20-7-4-8-21-42)54-30-15-12-26-49(54)47-24-9-10-25-48(47)50-27-13-16-31-55(50)58;32-24-14-10-13-23(21-24)31(22-11-2-1-3-12-22)29-19-8-6-17-27(29)25-15-4-5-16-26(25)28-18-7-9-20-30(28)31;1-27(2)25-11-7-6-10-23(25)24-17-16-22(18-26(24)27)28-21-14-12-20(13-15-21)19-8-4-3-5-9-19/h3-39H,1-2H3;1-21H;3-18,28H,1-2H3. The molecule has 4 aliphatic rings. The fourth-order valence-corrected chi connectivity index (χ4v) is 20.4. The molecule has 0 unspecified atom stereocenters. The molecule has 4 aliphatic carbocycles. The summed E-state index contributed by atoms with van der Waals surface area (Å²) in [6, 6.07) is 164. The summed E-state index contributed by atoms with van der Waals surface area (Å²) in [5.74, 6) is 0. The van der Waals surface area contributed by atoms with Crippen molar-refractivity contribution in [1.29, 1.82) is 0 Å². The number of halogens is 1. The van der Waals surface area contributed by atoms with Crippen molar-refractivity contribution in [2.24, 2.45) is 0 Å². The van der Waals surface area contributed by atoms with Crippen molar-refractivity contribution in [3.05, 3.63) is 520 Å². The Morgan fingerprint density at radius 1 is 0.193 bits per heavy atom. The molecule has 0 aliphatic heterocycles. The minimum absolute atomic E-state index is 0.0286. The van der Waals surface area contributed by atoms with Gasteiger partial charge in [-0.2, -0.15) is 0 Å². The van der Waals surface area contributed by atoms with Gasteiger partial charge in [0.05, 0.1) is 10.8 Å². The Kier molecular flexibility index (Phi) is 19.0. The molecule has 0 aromatic heterocycles. The van der Waals surface area contributed by atoms with E-state index in [1.807, 2.05) is 6.07 Å². The first kappa shape index (κ1) is 73.9. The molecule has 0 radical (unpaired) electrons. The number of rotatable bonds is 11. The summed E-state index contributed by atoms with van der Waals surface area (Å²) >= 11 is 3.75. The van der Waals surface area contributed by atoms with Crippen LogP contribution in [0.25, 0.3) is 89.0 Å². The summed E-state index contributed by atoms with van der Waals surface area (Å²) in [6.45, 7) is 9.36. The van der Waals surface area contributed by atoms with Crippen LogP contribution in [0.5, 0.6) is 0 Å². The lowest BCUT2D eigenvalue weighted by Crippen LogP contribution is -2.32. The first-order valence-electron chi connectivity index (χ1n) is 41.4. The highest BCUT2D eigenvalue weighted by Gasteiger charge is 2.46. The maximum atomic E-state index is 3.75. The Hall–Kier alpha value is -14.0. The lowest BCUT2D eigenvalue weighted by molar-refractivity contribution is 0.660. The van der Waals surface area contributed by atoms with Crippen molar-refractivity contribution in [3.63, 3.8) is 0 Å². The number of fused-ring (bicyclic) bond motifs is 16. The summed E-state index contributed by atoms with van der Waals surface area (Å²) in [7, 11) is 0. The third-order valence-electron chi connectivity index (χ3n) is 25.5. The normalized spacial score (nSPS) is 13.7. The van der Waals surface area contributed by atoms with Gasteiger partial charge in [0, 0.05) is 43.7 Å². The van der Waals surface area contributed by atoms with E-state index in [4.69, 9.17) is 0 Å². The van der Waals surface area contributed by atoms with Gasteiger partial charge in [-0.25, -0.2) is 0 Å². The molecule has 3 heteroatoms. The van der Waals surface area contributed by atoms with Crippen LogP contribution in [0.15, 0.2) is 453 Å². The van der Waals surface area contributed by atoms with Crippen molar-refractivity contribution in [2.45, 2.75) is 49.4 Å². The van der Waals surface area contributed by atoms with Crippen molar-refractivity contribution >= 4 is 44.4 Å². The smallest absolute Gasteiger partial charge is 0.0714 e. The van der Waals surface area contributed by atoms with E-state index < -0.39 is 10.8 Å². The van der Waals surface area contributed by atoms with E-state index >= 15 is 0 Å². The Bertz CT molecular complexity index is 6690. The van der Waals surface area contributed by atoms with Gasteiger partial charge in [-0.3, -0.25) is 0 Å². The van der Waals surface area contributed by atoms with Gasteiger partial charge in [-0.05, 0) is 229 Å². The SMILES string of the molecule is Brc1cccc(C2(c3ccccc3)c3ccccc3-c3ccccc3-c3ccccc32)c1.CC1(C)c2ccccc2-c2ccc(N(c3ccc(-c4ccccc4)cc3)c3cccc(C4(c5ccccc5)c5ccccc5-c5ccccc5-c5ccccc54)c3)cc21.CC1(C)c2ccccc2-c2ccc(Nc3ccc(-c4ccccc4)cc3)cc21. The second-order valence-corrected chi connectivity index (χ2v) is 33.6. The summed E-state index contributed by atoms with van der Waals surface area (Å²) < 4.78 is 1.09. The molecule has 119 heavy (non-hydrogen) atoms. The van der Waals surface area contributed by atoms with Crippen molar-refractivity contribution in [3.8, 4) is 89.0 Å². The minimum atomic E-state index is -0.631. The summed E-state index contributed by atoms with van der Waals surface area (Å²) in [4.78, 5) is 2.46. The number of hydrogen-bond donors (Lipinski definition) is 1. The van der Waals surface area contributed by atoms with E-state index in [1.54, 1.807) is 0 Å². The fourth-order valence-electron chi connectivity index (χ4n) is 20.0. The van der Waals surface area contributed by atoms with Gasteiger partial charge in [-0.15, -0.1) is 0 Å². The van der Waals surface area contributed by atoms with Crippen LogP contribution in [0.1, 0.15) is 94.5 Å². The zero-order valence-electron chi connectivity index (χ0n) is 67.0. The Morgan fingerprint density at radius 3 is 0.899 bits per heavy atom. The van der Waals surface area contributed by atoms with Crippen molar-refractivity contribution in [1.82, 2.24) is 0 Å². The third-order valence-corrected chi connectivity index (χ3v) is 26.0. The highest BCUT2D eigenvalue weighted by Crippen LogP contribution is 2.59. The lowest BCUT2D eigenvalue weighted by Gasteiger charge is -2.39. The Morgan fingerprint density at radius 2 is 0.479 bits per heavy atom. The van der Waals surface area contributed by atoms with Crippen LogP contribution in [0, 0.1) is 0 Å². The monoisotopic (exact) mass is 1590 g/mol. The van der Waals surface area contributed by atoms with Crippen LogP contribution in [0.2, 0.25) is 0 Å². The first-order valence-corrected chi connectivity index (χ1v) is 42.2. The second kappa shape index (κ2) is 30.6. The second-order valence-electron chi connectivity index (χ2n) is 32.7. The van der Waals surface area contributed by atoms with Gasteiger partial charge in [-0.1, -0.05) is 420 Å². The van der Waals surface area contributed by atoms with Gasteiger partial charge < -0.3 is 10.2 Å². The maximum absolute atomic E-state index is 3.75. The molecule has 18 aromatic carbocycles. The summed E-state index contributed by atoms with van der Waals surface area (Å²) in [5, 5.41) is 3.58. The molecule has 0 amide bonds. The van der Waals surface area contributed by atoms with Crippen LogP contribution in [0.3, 0.4) is 0 Å². The minimum Gasteiger partial charge on any atom is -0.356 e. The third kappa shape index (κ3) is 12.7. The quantitative estimate of drug-likeness (QED) is 0.139. The number of anilines is 5. The molecule has 2 nitrogen and oxygen atoms in total. The molecular weight excluding hydrogens is 1500 g/mol. The van der Waals surface area contributed by atoms with Crippen LogP contribution in [-0.2, 0) is 21.7 Å². The molecule has 0 saturated heterocycles. The molecular formula is C116H87BrN2. The van der Waals surface area contributed by atoms with Crippen LogP contribution >= 0.6 is 15.9 Å². The molecule has 568 valence electrons. The van der Waals surface area contributed by atoms with E-state index in [1.165, 1.54) is 156 Å². The number of benzene rings is 18. The average Bonchev–Trinajstić information content (AvgIpc) is 1.69. The predicted molar refractivity (Wildman–Crippen MR) is 503 cm³/mol. The van der Waals surface area contributed by atoms with Crippen LogP contribution in [0.4, 0.5) is 28.4 Å². The summed E-state index contributed by atoms with van der Waals surface area (Å²) in [6.07, 6.45) is 0. The number of nitrogens with zero attached hydrogens (tertiary/aromatic N) is 1. The Labute approximate surface area is 707 Å². The van der Waals surface area contributed by atoms with Gasteiger partial charge in [0.1, 0.15) is 0 Å². The largest absolute Gasteiger partial charge is 0.356 e. The molecule has 1 N–H and O–H groups in total. The lowest BCUT2D eigenvalue weighted by atomic mass is 9.63. The highest BCUT2D eigenvalue weighted by molar-refractivity contribution is 9.10. The molecule has 0 heterocycles. The zero-order valence-corrected chi connectivity index (χ0v) is 68.6. The molecule has 22 rings (SSSR count). The Balaban J connectivity index is 0.000000127. The van der Waals surface area contributed by atoms with Gasteiger partial charge in [0.15, 0.2) is 0 Å². The van der Waals surface area contributed by atoms with Crippen LogP contribution < -0.4 is 10.2 Å². The predicted octanol–water partition coefficient (Wildman–Crippen LogP) is 31.0. The fraction of sp³-hybridized carbons (Fsp3) is 0.0690.